The van der Waals surface area contributed by atoms with Gasteiger partial charge in [-0.1, -0.05) is 0 Å². The summed E-state index contributed by atoms with van der Waals surface area (Å²) in [5.74, 6) is 2.35. The van der Waals surface area contributed by atoms with E-state index in [1.807, 2.05) is 25.1 Å². The summed E-state index contributed by atoms with van der Waals surface area (Å²) in [4.78, 5) is 9.10. The zero-order valence-electron chi connectivity index (χ0n) is 17.9. The minimum atomic E-state index is -0.290. The second kappa shape index (κ2) is 11.0. The lowest BCUT2D eigenvalue weighted by Crippen LogP contribution is -2.38. The van der Waals surface area contributed by atoms with E-state index in [-0.39, 0.29) is 5.82 Å². The highest BCUT2D eigenvalue weighted by atomic mass is 19.1. The number of hydrogen-bond donors (Lipinski definition) is 2. The zero-order valence-corrected chi connectivity index (χ0v) is 17.9. The molecule has 1 aromatic heterocycles. The molecule has 7 nitrogen and oxygen atoms in total. The van der Waals surface area contributed by atoms with Gasteiger partial charge in [0.25, 0.3) is 0 Å². The molecule has 1 heterocycles. The van der Waals surface area contributed by atoms with Gasteiger partial charge in [0.2, 0.25) is 5.89 Å². The molecule has 0 aliphatic carbocycles. The number of hydrogen-bond acceptors (Lipinski definition) is 5. The van der Waals surface area contributed by atoms with Crippen molar-refractivity contribution in [3.8, 4) is 23.0 Å². The quantitative estimate of drug-likeness (QED) is 0.400. The summed E-state index contributed by atoms with van der Waals surface area (Å²) in [6, 6.07) is 11.7. The standard InChI is InChI=1S/C23H27FN4O3/c1-4-25-23(27-14-17-7-10-20(29-2)13-21(17)30-3)26-12-11-19-15-31-22(28-19)16-5-8-18(24)9-6-16/h5-10,13,15H,4,11-12,14H2,1-3H3,(H2,25,26,27). The third kappa shape index (κ3) is 6.21. The van der Waals surface area contributed by atoms with Crippen LogP contribution in [0.1, 0.15) is 18.2 Å². The van der Waals surface area contributed by atoms with Crippen LogP contribution in [0.3, 0.4) is 0 Å². The van der Waals surface area contributed by atoms with Gasteiger partial charge >= 0.3 is 0 Å². The number of benzene rings is 2. The summed E-state index contributed by atoms with van der Waals surface area (Å²) in [6.45, 7) is 3.84. The molecule has 0 radical (unpaired) electrons. The second-order valence-corrected chi connectivity index (χ2v) is 6.70. The van der Waals surface area contributed by atoms with Gasteiger partial charge in [0.1, 0.15) is 23.6 Å². The van der Waals surface area contributed by atoms with E-state index in [1.54, 1.807) is 32.6 Å². The van der Waals surface area contributed by atoms with Crippen LogP contribution < -0.4 is 20.1 Å². The van der Waals surface area contributed by atoms with E-state index in [1.165, 1.54) is 12.1 Å². The van der Waals surface area contributed by atoms with Crippen LogP contribution in [0.5, 0.6) is 11.5 Å². The van der Waals surface area contributed by atoms with Crippen LogP contribution in [0.4, 0.5) is 4.39 Å². The fourth-order valence-electron chi connectivity index (χ4n) is 2.94. The molecule has 3 aromatic rings. The second-order valence-electron chi connectivity index (χ2n) is 6.70. The van der Waals surface area contributed by atoms with Crippen LogP contribution in [-0.2, 0) is 13.0 Å². The van der Waals surface area contributed by atoms with E-state index in [4.69, 9.17) is 13.9 Å². The molecule has 164 valence electrons. The third-order valence-corrected chi connectivity index (χ3v) is 4.56. The Kier molecular flexibility index (Phi) is 7.86. The van der Waals surface area contributed by atoms with Gasteiger partial charge in [0.05, 0.1) is 26.5 Å². The Morgan fingerprint density at radius 3 is 2.61 bits per heavy atom. The highest BCUT2D eigenvalue weighted by molar-refractivity contribution is 5.79. The molecule has 2 N–H and O–H groups in total. The fraction of sp³-hybridized carbons (Fsp3) is 0.304. The molecule has 0 saturated carbocycles. The number of nitrogens with one attached hydrogen (secondary N) is 2. The molecule has 31 heavy (non-hydrogen) atoms. The first-order valence-corrected chi connectivity index (χ1v) is 10.1. The Morgan fingerprint density at radius 1 is 1.10 bits per heavy atom. The molecule has 8 heteroatoms. The number of guanidine groups is 1. The maximum Gasteiger partial charge on any atom is 0.226 e. The van der Waals surface area contributed by atoms with Gasteiger partial charge in [-0.3, -0.25) is 0 Å². The monoisotopic (exact) mass is 426 g/mol. The maximum absolute atomic E-state index is 13.1. The molecule has 3 rings (SSSR count). The SMILES string of the molecule is CCNC(=NCc1ccc(OC)cc1OC)NCCc1coc(-c2ccc(F)cc2)n1. The lowest BCUT2D eigenvalue weighted by Gasteiger charge is -2.12. The molecule has 0 saturated heterocycles. The predicted octanol–water partition coefficient (Wildman–Crippen LogP) is 3.80. The summed E-state index contributed by atoms with van der Waals surface area (Å²) >= 11 is 0. The van der Waals surface area contributed by atoms with Gasteiger partial charge in [-0.25, -0.2) is 14.4 Å². The average molecular weight is 426 g/mol. The maximum atomic E-state index is 13.1. The Hall–Kier alpha value is -3.55. The van der Waals surface area contributed by atoms with Gasteiger partial charge in [-0.15, -0.1) is 0 Å². The van der Waals surface area contributed by atoms with Crippen molar-refractivity contribution >= 4 is 5.96 Å². The largest absolute Gasteiger partial charge is 0.497 e. The van der Waals surface area contributed by atoms with E-state index < -0.39 is 0 Å². The number of methoxy groups -OCH3 is 2. The van der Waals surface area contributed by atoms with Gasteiger partial charge < -0.3 is 24.5 Å². The van der Waals surface area contributed by atoms with Crippen LogP contribution in [0.2, 0.25) is 0 Å². The minimum absolute atomic E-state index is 0.290. The first-order valence-electron chi connectivity index (χ1n) is 10.1. The minimum Gasteiger partial charge on any atom is -0.497 e. The van der Waals surface area contributed by atoms with Crippen molar-refractivity contribution in [2.75, 3.05) is 27.3 Å². The fourth-order valence-corrected chi connectivity index (χ4v) is 2.94. The summed E-state index contributed by atoms with van der Waals surface area (Å²) in [6.07, 6.45) is 2.27. The first kappa shape index (κ1) is 22.1. The number of aliphatic imine (C=N–C) groups is 1. The smallest absolute Gasteiger partial charge is 0.226 e. The van der Waals surface area contributed by atoms with Gasteiger partial charge in [-0.05, 0) is 43.3 Å². The molecular weight excluding hydrogens is 399 g/mol. The van der Waals surface area contributed by atoms with Crippen LogP contribution in [0.15, 0.2) is 58.1 Å². The number of halogens is 1. The number of ether oxygens (including phenoxy) is 2. The third-order valence-electron chi connectivity index (χ3n) is 4.56. The molecular formula is C23H27FN4O3. The lowest BCUT2D eigenvalue weighted by molar-refractivity contribution is 0.391. The normalized spacial score (nSPS) is 11.3. The molecule has 0 unspecified atom stereocenters. The summed E-state index contributed by atoms with van der Waals surface area (Å²) in [7, 11) is 3.25. The topological polar surface area (TPSA) is 80.9 Å². The van der Waals surface area contributed by atoms with Crippen molar-refractivity contribution in [1.29, 1.82) is 0 Å². The summed E-state index contributed by atoms with van der Waals surface area (Å²) in [5.41, 5.74) is 2.50. The first-order chi connectivity index (χ1) is 15.1. The van der Waals surface area contributed by atoms with Crippen LogP contribution in [0.25, 0.3) is 11.5 Å². The number of nitrogens with zero attached hydrogens (tertiary/aromatic N) is 2. The molecule has 2 aromatic carbocycles. The van der Waals surface area contributed by atoms with Gasteiger partial charge in [0, 0.05) is 36.7 Å². The highest BCUT2D eigenvalue weighted by Gasteiger charge is 2.08. The van der Waals surface area contributed by atoms with Crippen molar-refractivity contribution in [2.24, 2.45) is 4.99 Å². The number of oxazole rings is 1. The molecule has 0 atom stereocenters. The predicted molar refractivity (Wildman–Crippen MR) is 118 cm³/mol. The number of aromatic nitrogens is 1. The van der Waals surface area contributed by atoms with Crippen molar-refractivity contribution in [1.82, 2.24) is 15.6 Å². The van der Waals surface area contributed by atoms with E-state index in [0.717, 1.165) is 34.9 Å². The number of rotatable bonds is 9. The zero-order chi connectivity index (χ0) is 22.1. The van der Waals surface area contributed by atoms with Crippen molar-refractivity contribution in [3.05, 3.63) is 65.8 Å². The van der Waals surface area contributed by atoms with E-state index in [2.05, 4.69) is 20.6 Å². The van der Waals surface area contributed by atoms with Gasteiger partial charge in [0.15, 0.2) is 5.96 Å². The molecule has 0 aliphatic heterocycles. The molecule has 0 bridgehead atoms. The Morgan fingerprint density at radius 2 is 1.90 bits per heavy atom. The van der Waals surface area contributed by atoms with Crippen molar-refractivity contribution in [2.45, 2.75) is 19.9 Å². The molecule has 0 spiro atoms. The van der Waals surface area contributed by atoms with Crippen LogP contribution in [-0.4, -0.2) is 38.3 Å². The van der Waals surface area contributed by atoms with Crippen LogP contribution in [0, 0.1) is 5.82 Å². The molecule has 0 fully saturated rings. The summed E-state index contributed by atoms with van der Waals surface area (Å²) < 4.78 is 29.3. The van der Waals surface area contributed by atoms with Gasteiger partial charge in [-0.2, -0.15) is 0 Å². The Labute approximate surface area is 181 Å². The Balaban J connectivity index is 1.58. The van der Waals surface area contributed by atoms with E-state index >= 15 is 0 Å². The molecule has 0 aliphatic rings. The van der Waals surface area contributed by atoms with E-state index in [9.17, 15) is 4.39 Å². The summed E-state index contributed by atoms with van der Waals surface area (Å²) in [5, 5.41) is 6.53. The lowest BCUT2D eigenvalue weighted by atomic mass is 10.2. The van der Waals surface area contributed by atoms with Crippen molar-refractivity contribution in [3.63, 3.8) is 0 Å². The Bertz CT molecular complexity index is 1000. The van der Waals surface area contributed by atoms with Crippen molar-refractivity contribution < 1.29 is 18.3 Å². The highest BCUT2D eigenvalue weighted by Crippen LogP contribution is 2.25. The van der Waals surface area contributed by atoms with Crippen LogP contribution >= 0.6 is 0 Å². The average Bonchev–Trinajstić information content (AvgIpc) is 3.26. The van der Waals surface area contributed by atoms with E-state index in [0.29, 0.717) is 31.4 Å². The molecule has 0 amide bonds.